The average molecular weight is 213 g/mol. The van der Waals surface area contributed by atoms with E-state index in [2.05, 4.69) is 29.4 Å². The first-order valence-electron chi connectivity index (χ1n) is 5.53. The molecule has 0 saturated carbocycles. The van der Waals surface area contributed by atoms with Gasteiger partial charge in [0.1, 0.15) is 0 Å². The topological polar surface area (TPSA) is 32.6 Å². The highest BCUT2D eigenvalue weighted by Gasteiger charge is 2.10. The Kier molecular flexibility index (Phi) is 3.54. The van der Waals surface area contributed by atoms with Crippen LogP contribution < -0.4 is 0 Å². The van der Waals surface area contributed by atoms with E-state index in [0.29, 0.717) is 0 Å². The van der Waals surface area contributed by atoms with Gasteiger partial charge in [-0.1, -0.05) is 47.6 Å². The molecule has 0 spiro atoms. The van der Waals surface area contributed by atoms with Crippen LogP contribution in [0.5, 0.6) is 0 Å². The van der Waals surface area contributed by atoms with Gasteiger partial charge in [0, 0.05) is 0 Å². The Morgan fingerprint density at radius 1 is 1.00 bits per heavy atom. The molecule has 0 fully saturated rings. The third-order valence-corrected chi connectivity index (χ3v) is 2.79. The second-order valence-corrected chi connectivity index (χ2v) is 3.89. The second-order valence-electron chi connectivity index (χ2n) is 3.89. The average Bonchev–Trinajstić information content (AvgIpc) is 2.76. The Bertz CT molecular complexity index is 429. The van der Waals surface area contributed by atoms with Crippen molar-refractivity contribution in [2.24, 2.45) is 5.16 Å². The molecule has 0 bridgehead atoms. The van der Waals surface area contributed by atoms with Crippen molar-refractivity contribution in [3.63, 3.8) is 0 Å². The molecule has 0 amide bonds. The zero-order valence-corrected chi connectivity index (χ0v) is 9.13. The molecular formula is C14H15NO. The fraction of sp³-hybridized carbons (Fsp3) is 0.214. The number of rotatable bonds is 3. The van der Waals surface area contributed by atoms with E-state index in [1.807, 2.05) is 18.2 Å². The molecule has 16 heavy (non-hydrogen) atoms. The molecular weight excluding hydrogens is 198 g/mol. The smallest absolute Gasteiger partial charge is 0.0696 e. The molecule has 0 aliphatic heterocycles. The summed E-state index contributed by atoms with van der Waals surface area (Å²) >= 11 is 0. The van der Waals surface area contributed by atoms with E-state index in [1.165, 1.54) is 11.1 Å². The molecule has 0 saturated heterocycles. The van der Waals surface area contributed by atoms with Crippen molar-refractivity contribution in [1.29, 1.82) is 0 Å². The van der Waals surface area contributed by atoms with Crippen molar-refractivity contribution < 1.29 is 5.21 Å². The van der Waals surface area contributed by atoms with Crippen LogP contribution in [-0.2, 0) is 0 Å². The minimum atomic E-state index is 1.01. The summed E-state index contributed by atoms with van der Waals surface area (Å²) in [6.45, 7) is 0. The SMILES string of the molecule is O/N=C/C1=C(/C=C/c2ccccc2)CCC1. The Morgan fingerprint density at radius 3 is 2.50 bits per heavy atom. The molecule has 0 atom stereocenters. The first-order chi connectivity index (χ1) is 7.90. The van der Waals surface area contributed by atoms with Gasteiger partial charge in [-0.05, 0) is 36.0 Å². The van der Waals surface area contributed by atoms with E-state index in [0.717, 1.165) is 24.8 Å². The van der Waals surface area contributed by atoms with Crippen LogP contribution in [0.1, 0.15) is 24.8 Å². The maximum Gasteiger partial charge on any atom is 0.0696 e. The van der Waals surface area contributed by atoms with Crippen molar-refractivity contribution in [2.75, 3.05) is 0 Å². The number of benzene rings is 1. The van der Waals surface area contributed by atoms with Gasteiger partial charge in [-0.25, -0.2) is 0 Å². The molecule has 0 heterocycles. The molecule has 1 aromatic carbocycles. The van der Waals surface area contributed by atoms with E-state index < -0.39 is 0 Å². The zero-order valence-electron chi connectivity index (χ0n) is 9.13. The third kappa shape index (κ3) is 2.60. The summed E-state index contributed by atoms with van der Waals surface area (Å²) in [6.07, 6.45) is 9.02. The van der Waals surface area contributed by atoms with Gasteiger partial charge in [-0.3, -0.25) is 0 Å². The summed E-state index contributed by atoms with van der Waals surface area (Å²) < 4.78 is 0. The largest absolute Gasteiger partial charge is 0.411 e. The summed E-state index contributed by atoms with van der Waals surface area (Å²) in [4.78, 5) is 0. The van der Waals surface area contributed by atoms with Crippen LogP contribution in [0.15, 0.2) is 52.7 Å². The zero-order chi connectivity index (χ0) is 11.2. The van der Waals surface area contributed by atoms with Crippen molar-refractivity contribution in [3.8, 4) is 0 Å². The van der Waals surface area contributed by atoms with Gasteiger partial charge < -0.3 is 5.21 Å². The summed E-state index contributed by atoms with van der Waals surface area (Å²) in [6, 6.07) is 10.2. The molecule has 0 unspecified atom stereocenters. The maximum absolute atomic E-state index is 8.54. The quantitative estimate of drug-likeness (QED) is 0.464. The van der Waals surface area contributed by atoms with E-state index in [1.54, 1.807) is 6.21 Å². The molecule has 82 valence electrons. The van der Waals surface area contributed by atoms with Gasteiger partial charge in [0.05, 0.1) is 6.21 Å². The van der Waals surface area contributed by atoms with E-state index in [-0.39, 0.29) is 0 Å². The summed E-state index contributed by atoms with van der Waals surface area (Å²) in [5, 5.41) is 11.6. The number of allylic oxidation sites excluding steroid dienone is 3. The summed E-state index contributed by atoms with van der Waals surface area (Å²) in [7, 11) is 0. The standard InChI is InChI=1S/C14H15NO/c16-15-11-14-8-4-7-13(14)10-9-12-5-2-1-3-6-12/h1-3,5-6,9-11,16H,4,7-8H2/b10-9+,15-11+. The van der Waals surface area contributed by atoms with Crippen LogP contribution in [0.25, 0.3) is 6.08 Å². The highest BCUT2D eigenvalue weighted by Crippen LogP contribution is 2.26. The minimum Gasteiger partial charge on any atom is -0.411 e. The van der Waals surface area contributed by atoms with Crippen molar-refractivity contribution in [2.45, 2.75) is 19.3 Å². The van der Waals surface area contributed by atoms with Crippen molar-refractivity contribution in [3.05, 3.63) is 53.1 Å². The molecule has 1 N–H and O–H groups in total. The van der Waals surface area contributed by atoms with Crippen molar-refractivity contribution >= 4 is 12.3 Å². The van der Waals surface area contributed by atoms with Crippen LogP contribution in [0, 0.1) is 0 Å². The van der Waals surface area contributed by atoms with E-state index >= 15 is 0 Å². The molecule has 2 nitrogen and oxygen atoms in total. The molecule has 1 aliphatic carbocycles. The second kappa shape index (κ2) is 5.31. The predicted octanol–water partition coefficient (Wildman–Crippen LogP) is 3.64. The lowest BCUT2D eigenvalue weighted by Gasteiger charge is -1.96. The number of oxime groups is 1. The van der Waals surface area contributed by atoms with Crippen LogP contribution in [0.4, 0.5) is 0 Å². The normalized spacial score (nSPS) is 16.8. The lowest BCUT2D eigenvalue weighted by molar-refractivity contribution is 0.321. The number of hydrogen-bond donors (Lipinski definition) is 1. The van der Waals surface area contributed by atoms with Gasteiger partial charge in [-0.15, -0.1) is 0 Å². The lowest BCUT2D eigenvalue weighted by atomic mass is 10.1. The summed E-state index contributed by atoms with van der Waals surface area (Å²) in [5.41, 5.74) is 3.62. The molecule has 2 rings (SSSR count). The van der Waals surface area contributed by atoms with Gasteiger partial charge in [0.25, 0.3) is 0 Å². The first kappa shape index (κ1) is 10.7. The van der Waals surface area contributed by atoms with Gasteiger partial charge in [-0.2, -0.15) is 0 Å². The Morgan fingerprint density at radius 2 is 1.75 bits per heavy atom. The monoisotopic (exact) mass is 213 g/mol. The van der Waals surface area contributed by atoms with Gasteiger partial charge in [0.15, 0.2) is 0 Å². The highest BCUT2D eigenvalue weighted by molar-refractivity contribution is 5.81. The van der Waals surface area contributed by atoms with E-state index in [9.17, 15) is 0 Å². The number of nitrogens with zero attached hydrogens (tertiary/aromatic N) is 1. The molecule has 2 heteroatoms. The Hall–Kier alpha value is -1.83. The predicted molar refractivity (Wildman–Crippen MR) is 66.6 cm³/mol. The fourth-order valence-electron chi connectivity index (χ4n) is 1.96. The molecule has 1 aromatic rings. The number of hydrogen-bond acceptors (Lipinski definition) is 2. The van der Waals surface area contributed by atoms with Gasteiger partial charge >= 0.3 is 0 Å². The maximum atomic E-state index is 8.54. The first-order valence-corrected chi connectivity index (χ1v) is 5.53. The molecule has 1 aliphatic rings. The van der Waals surface area contributed by atoms with Crippen LogP contribution in [0.3, 0.4) is 0 Å². The van der Waals surface area contributed by atoms with E-state index in [4.69, 9.17) is 5.21 Å². The van der Waals surface area contributed by atoms with Crippen LogP contribution >= 0.6 is 0 Å². The van der Waals surface area contributed by atoms with Crippen molar-refractivity contribution in [1.82, 2.24) is 0 Å². The third-order valence-electron chi connectivity index (χ3n) is 2.79. The highest BCUT2D eigenvalue weighted by atomic mass is 16.4. The summed E-state index contributed by atoms with van der Waals surface area (Å²) in [5.74, 6) is 0. The van der Waals surface area contributed by atoms with Crippen LogP contribution in [-0.4, -0.2) is 11.4 Å². The Labute approximate surface area is 95.6 Å². The fourth-order valence-corrected chi connectivity index (χ4v) is 1.96. The lowest BCUT2D eigenvalue weighted by Crippen LogP contribution is -1.82. The molecule has 0 aromatic heterocycles. The Balaban J connectivity index is 2.15. The molecule has 0 radical (unpaired) electrons. The van der Waals surface area contributed by atoms with Crippen LogP contribution in [0.2, 0.25) is 0 Å². The minimum absolute atomic E-state index is 1.01. The van der Waals surface area contributed by atoms with Gasteiger partial charge in [0.2, 0.25) is 0 Å².